The smallest absolute Gasteiger partial charge is 0.413 e. The number of benzene rings is 2. The van der Waals surface area contributed by atoms with E-state index in [-0.39, 0.29) is 5.91 Å². The summed E-state index contributed by atoms with van der Waals surface area (Å²) in [5, 5.41) is 5.26. The third-order valence-corrected chi connectivity index (χ3v) is 5.41. The Morgan fingerprint density at radius 3 is 2.81 bits per heavy atom. The van der Waals surface area contributed by atoms with Gasteiger partial charge in [0.1, 0.15) is 0 Å². The van der Waals surface area contributed by atoms with Crippen molar-refractivity contribution in [1.82, 2.24) is 9.88 Å². The van der Waals surface area contributed by atoms with Gasteiger partial charge in [0.05, 0.1) is 19.3 Å². The molecule has 1 aliphatic heterocycles. The lowest BCUT2D eigenvalue weighted by atomic mass is 10.1. The lowest BCUT2D eigenvalue weighted by Gasteiger charge is -2.26. The molecular weight excluding hydrogens is 350 g/mol. The van der Waals surface area contributed by atoms with E-state index in [1.54, 1.807) is 0 Å². The highest BCUT2D eigenvalue weighted by atomic mass is 32.1. The Morgan fingerprint density at radius 2 is 2.00 bits per heavy atom. The average molecular weight is 367 g/mol. The Bertz CT molecular complexity index is 999. The predicted octanol–water partition coefficient (Wildman–Crippen LogP) is 3.67. The number of thiazole rings is 1. The summed E-state index contributed by atoms with van der Waals surface area (Å²) in [5.74, 6) is 0.0114. The Labute approximate surface area is 154 Å². The minimum absolute atomic E-state index is 0.0114. The van der Waals surface area contributed by atoms with Crippen LogP contribution in [0.4, 0.5) is 9.93 Å². The molecule has 0 aliphatic carbocycles. The number of carbonyl (C=O) groups excluding carboxylic acids is 2. The van der Waals surface area contributed by atoms with Gasteiger partial charge in [-0.15, -0.1) is 0 Å². The molecule has 0 atom stereocenters. The van der Waals surface area contributed by atoms with Crippen molar-refractivity contribution >= 4 is 39.2 Å². The molecule has 3 aromatic rings. The van der Waals surface area contributed by atoms with Crippen LogP contribution in [0.15, 0.2) is 42.5 Å². The second kappa shape index (κ2) is 6.76. The molecule has 1 aromatic heterocycles. The van der Waals surface area contributed by atoms with Crippen LogP contribution in [0.3, 0.4) is 0 Å². The molecule has 0 saturated carbocycles. The fourth-order valence-electron chi connectivity index (χ4n) is 3.07. The lowest BCUT2D eigenvalue weighted by Crippen LogP contribution is -2.35. The number of hydrogen-bond acceptors (Lipinski definition) is 5. The van der Waals surface area contributed by atoms with Crippen LogP contribution in [0.25, 0.3) is 10.8 Å². The summed E-state index contributed by atoms with van der Waals surface area (Å²) in [6.45, 7) is 1.11. The molecule has 2 amide bonds. The van der Waals surface area contributed by atoms with E-state index in [2.05, 4.69) is 15.0 Å². The summed E-state index contributed by atoms with van der Waals surface area (Å²) in [5.41, 5.74) is 1.62. The van der Waals surface area contributed by atoms with Crippen molar-refractivity contribution in [3.8, 4) is 0 Å². The van der Waals surface area contributed by atoms with Crippen molar-refractivity contribution in [2.24, 2.45) is 0 Å². The molecule has 26 heavy (non-hydrogen) atoms. The zero-order chi connectivity index (χ0) is 18.1. The number of nitrogens with zero attached hydrogens (tertiary/aromatic N) is 2. The molecule has 0 radical (unpaired) electrons. The van der Waals surface area contributed by atoms with Gasteiger partial charge in [-0.25, -0.2) is 9.78 Å². The van der Waals surface area contributed by atoms with E-state index in [4.69, 9.17) is 0 Å². The molecule has 2 aromatic carbocycles. The third kappa shape index (κ3) is 3.13. The van der Waals surface area contributed by atoms with Crippen LogP contribution in [-0.4, -0.2) is 35.5 Å². The fraction of sp³-hybridized carbons (Fsp3) is 0.211. The van der Waals surface area contributed by atoms with Gasteiger partial charge >= 0.3 is 6.09 Å². The summed E-state index contributed by atoms with van der Waals surface area (Å²) in [6.07, 6.45) is 0.133. The summed E-state index contributed by atoms with van der Waals surface area (Å²) in [7, 11) is 1.31. The number of rotatable bonds is 2. The van der Waals surface area contributed by atoms with Crippen molar-refractivity contribution in [2.75, 3.05) is 19.0 Å². The predicted molar refractivity (Wildman–Crippen MR) is 101 cm³/mol. The molecule has 0 spiro atoms. The molecule has 7 heteroatoms. The number of carbonyl (C=O) groups is 2. The molecule has 0 saturated heterocycles. The molecular formula is C19H17N3O3S. The number of nitrogens with one attached hydrogen (secondary N) is 1. The number of fused-ring (bicyclic) bond motifs is 2. The second-order valence-electron chi connectivity index (χ2n) is 6.04. The number of ether oxygens (including phenoxy) is 1. The molecule has 1 aliphatic rings. The van der Waals surface area contributed by atoms with Gasteiger partial charge < -0.3 is 9.64 Å². The Hall–Kier alpha value is -2.93. The van der Waals surface area contributed by atoms with Gasteiger partial charge in [-0.1, -0.05) is 41.7 Å². The van der Waals surface area contributed by atoms with Crippen LogP contribution in [0.1, 0.15) is 20.9 Å². The van der Waals surface area contributed by atoms with E-state index in [9.17, 15) is 9.59 Å². The van der Waals surface area contributed by atoms with Gasteiger partial charge in [0.25, 0.3) is 5.91 Å². The van der Waals surface area contributed by atoms with E-state index < -0.39 is 6.09 Å². The highest BCUT2D eigenvalue weighted by Gasteiger charge is 2.25. The first kappa shape index (κ1) is 16.5. The summed E-state index contributed by atoms with van der Waals surface area (Å²) < 4.78 is 4.59. The Morgan fingerprint density at radius 1 is 1.19 bits per heavy atom. The van der Waals surface area contributed by atoms with E-state index >= 15 is 0 Å². The summed E-state index contributed by atoms with van der Waals surface area (Å²) in [6, 6.07) is 13.8. The maximum absolute atomic E-state index is 12.9. The first-order chi connectivity index (χ1) is 12.6. The molecule has 2 heterocycles. The fourth-order valence-corrected chi connectivity index (χ4v) is 4.08. The zero-order valence-electron chi connectivity index (χ0n) is 14.2. The summed E-state index contributed by atoms with van der Waals surface area (Å²) >= 11 is 1.38. The van der Waals surface area contributed by atoms with Gasteiger partial charge in [0.15, 0.2) is 5.13 Å². The van der Waals surface area contributed by atoms with Gasteiger partial charge in [-0.3, -0.25) is 10.1 Å². The highest BCUT2D eigenvalue weighted by molar-refractivity contribution is 7.15. The van der Waals surface area contributed by atoms with E-state index in [1.165, 1.54) is 18.4 Å². The Kier molecular flexibility index (Phi) is 4.30. The first-order valence-electron chi connectivity index (χ1n) is 8.25. The molecule has 4 rings (SSSR count). The molecule has 0 bridgehead atoms. The lowest BCUT2D eigenvalue weighted by molar-refractivity contribution is 0.0736. The van der Waals surface area contributed by atoms with E-state index in [1.807, 2.05) is 47.4 Å². The zero-order valence-corrected chi connectivity index (χ0v) is 15.0. The van der Waals surface area contributed by atoms with Crippen molar-refractivity contribution in [2.45, 2.75) is 13.0 Å². The number of aromatic nitrogens is 1. The standard InChI is InChI=1S/C19H17N3O3S/c1-25-19(24)21-18-20-15-8-9-22(11-16(15)26-18)17(23)14-7-6-12-4-2-3-5-13(12)10-14/h2-7,10H,8-9,11H2,1H3,(H,20,21,24). The van der Waals surface area contributed by atoms with Gasteiger partial charge in [-0.05, 0) is 22.9 Å². The maximum atomic E-state index is 12.9. The average Bonchev–Trinajstić information content (AvgIpc) is 3.08. The van der Waals surface area contributed by atoms with Gasteiger partial charge in [-0.2, -0.15) is 0 Å². The topological polar surface area (TPSA) is 71.5 Å². The molecule has 6 nitrogen and oxygen atoms in total. The van der Waals surface area contributed by atoms with Crippen LogP contribution in [-0.2, 0) is 17.7 Å². The number of hydrogen-bond donors (Lipinski definition) is 1. The van der Waals surface area contributed by atoms with Crippen LogP contribution in [0, 0.1) is 0 Å². The molecule has 1 N–H and O–H groups in total. The minimum atomic E-state index is -0.541. The van der Waals surface area contributed by atoms with Crippen molar-refractivity contribution in [3.05, 3.63) is 58.6 Å². The second-order valence-corrected chi connectivity index (χ2v) is 7.13. The molecule has 0 fully saturated rings. The van der Waals surface area contributed by atoms with Crippen molar-refractivity contribution < 1.29 is 14.3 Å². The highest BCUT2D eigenvalue weighted by Crippen LogP contribution is 2.29. The first-order valence-corrected chi connectivity index (χ1v) is 9.07. The van der Waals surface area contributed by atoms with E-state index in [0.29, 0.717) is 30.2 Å². The van der Waals surface area contributed by atoms with Crippen LogP contribution < -0.4 is 5.32 Å². The third-order valence-electron chi connectivity index (χ3n) is 4.41. The monoisotopic (exact) mass is 367 g/mol. The largest absolute Gasteiger partial charge is 0.453 e. The van der Waals surface area contributed by atoms with Crippen LogP contribution in [0.5, 0.6) is 0 Å². The van der Waals surface area contributed by atoms with E-state index in [0.717, 1.165) is 21.3 Å². The molecule has 0 unspecified atom stereocenters. The van der Waals surface area contributed by atoms with Crippen LogP contribution in [0.2, 0.25) is 0 Å². The maximum Gasteiger partial charge on any atom is 0.413 e. The number of amides is 2. The molecule has 132 valence electrons. The Balaban J connectivity index is 1.53. The SMILES string of the molecule is COC(=O)Nc1nc2c(s1)CN(C(=O)c1ccc3ccccc3c1)CC2. The number of methoxy groups -OCH3 is 1. The van der Waals surface area contributed by atoms with Crippen LogP contribution >= 0.6 is 11.3 Å². The minimum Gasteiger partial charge on any atom is -0.453 e. The normalized spacial score (nSPS) is 13.3. The van der Waals surface area contributed by atoms with Gasteiger partial charge in [0.2, 0.25) is 0 Å². The van der Waals surface area contributed by atoms with Gasteiger partial charge in [0, 0.05) is 23.4 Å². The summed E-state index contributed by atoms with van der Waals surface area (Å²) in [4.78, 5) is 31.5. The quantitative estimate of drug-likeness (QED) is 0.750. The van der Waals surface area contributed by atoms with Crippen molar-refractivity contribution in [3.63, 3.8) is 0 Å². The van der Waals surface area contributed by atoms with Crippen molar-refractivity contribution in [1.29, 1.82) is 0 Å². The number of anilines is 1.